The molecule has 0 aliphatic carbocycles. The number of nitrogens with zero attached hydrogens (tertiary/aromatic N) is 7. The lowest BCUT2D eigenvalue weighted by Gasteiger charge is -2.32. The number of esters is 1. The van der Waals surface area contributed by atoms with Gasteiger partial charge in [0.1, 0.15) is 39.8 Å². The van der Waals surface area contributed by atoms with Gasteiger partial charge >= 0.3 is 18.2 Å². The highest BCUT2D eigenvalue weighted by molar-refractivity contribution is 9.11. The Bertz CT molecular complexity index is 3740. The summed E-state index contributed by atoms with van der Waals surface area (Å²) < 4.78 is 24.0. The van der Waals surface area contributed by atoms with Crippen LogP contribution in [0.3, 0.4) is 0 Å². The number of rotatable bonds is 10. The van der Waals surface area contributed by atoms with Crippen LogP contribution in [0.4, 0.5) is 27.0 Å². The van der Waals surface area contributed by atoms with E-state index in [-0.39, 0.29) is 11.8 Å². The van der Waals surface area contributed by atoms with Crippen LogP contribution in [0.25, 0.3) is 54.6 Å². The Morgan fingerprint density at radius 3 is 1.45 bits per heavy atom. The van der Waals surface area contributed by atoms with Crippen molar-refractivity contribution in [2.45, 2.75) is 156 Å². The molecule has 3 aliphatic rings. The number of furan rings is 1. The Morgan fingerprint density at radius 2 is 0.966 bits per heavy atom. The Balaban J connectivity index is 0.000000169. The summed E-state index contributed by atoms with van der Waals surface area (Å²) in [5.74, 6) is 2.09. The second-order valence-electron chi connectivity index (χ2n) is 26.8. The molecular formula is C69H87Br2N11O7. The highest BCUT2D eigenvalue weighted by Crippen LogP contribution is 2.38. The zero-order valence-electron chi connectivity index (χ0n) is 52.9. The first-order valence-electron chi connectivity index (χ1n) is 30.8. The normalized spacial score (nSPS) is 16.2. The lowest BCUT2D eigenvalue weighted by Crippen LogP contribution is -2.44. The van der Waals surface area contributed by atoms with E-state index in [0.29, 0.717) is 40.5 Å². The SMILES string of the molecule is CC(C)(C)OC(=O)CC1CCN(Cc2ccc3cnc(N(C(=O)OC(C)(C)C)C(=O)OC(C)(C)C)c(Br)c3c2)CC1.Nc1ncc2ccc(CN3CCC(N)CC3)cc2c1-c1cc2ccccc2o1.Nc1ncc2ccc(CN3CCC(N)CC3)cc2c1Br. The number of hydrogen-bond acceptors (Lipinski definition) is 17. The number of halogens is 2. The molecule has 7 heterocycles. The van der Waals surface area contributed by atoms with E-state index in [0.717, 1.165) is 167 Å². The van der Waals surface area contributed by atoms with Gasteiger partial charge in [-0.25, -0.2) is 24.5 Å². The Kier molecular flexibility index (Phi) is 21.4. The summed E-state index contributed by atoms with van der Waals surface area (Å²) >= 11 is 7.14. The molecular weight excluding hydrogens is 1250 g/mol. The Hall–Kier alpha value is -6.78. The minimum atomic E-state index is -0.871. The molecule has 0 radical (unpaired) electrons. The molecule has 4 aromatic heterocycles. The van der Waals surface area contributed by atoms with Gasteiger partial charge < -0.3 is 41.6 Å². The van der Waals surface area contributed by atoms with Crippen molar-refractivity contribution in [1.82, 2.24) is 29.7 Å². The number of piperidine rings is 3. The average molecular weight is 1340 g/mol. The minimum Gasteiger partial charge on any atom is -0.460 e. The lowest BCUT2D eigenvalue weighted by atomic mass is 9.93. The smallest absolute Gasteiger partial charge is 0.425 e. The number of aromatic nitrogens is 3. The van der Waals surface area contributed by atoms with Gasteiger partial charge in [-0.2, -0.15) is 4.90 Å². The Labute approximate surface area is 539 Å². The molecule has 18 nitrogen and oxygen atoms in total. The number of amides is 2. The van der Waals surface area contributed by atoms with Crippen molar-refractivity contribution in [1.29, 1.82) is 0 Å². The van der Waals surface area contributed by atoms with Crippen molar-refractivity contribution in [3.8, 4) is 11.3 Å². The lowest BCUT2D eigenvalue weighted by molar-refractivity contribution is -0.156. The number of para-hydroxylation sites is 1. The number of imide groups is 1. The first kappa shape index (κ1) is 66.6. The van der Waals surface area contributed by atoms with Crippen molar-refractivity contribution in [2.24, 2.45) is 17.4 Å². The second-order valence-corrected chi connectivity index (χ2v) is 28.4. The molecule has 3 fully saturated rings. The van der Waals surface area contributed by atoms with Gasteiger partial charge in [0.25, 0.3) is 0 Å². The molecule has 20 heteroatoms. The first-order chi connectivity index (χ1) is 42.1. The largest absolute Gasteiger partial charge is 0.460 e. The van der Waals surface area contributed by atoms with Gasteiger partial charge in [0.2, 0.25) is 0 Å². The number of nitrogens with two attached hydrogens (primary N) is 4. The van der Waals surface area contributed by atoms with Crippen LogP contribution < -0.4 is 27.8 Å². The molecule has 0 spiro atoms. The van der Waals surface area contributed by atoms with Gasteiger partial charge in [-0.15, -0.1) is 0 Å². The third kappa shape index (κ3) is 18.2. The van der Waals surface area contributed by atoms with Crippen LogP contribution in [0.2, 0.25) is 0 Å². The fraction of sp³-hybridized carbons (Fsp3) is 0.449. The maximum Gasteiger partial charge on any atom is 0.425 e. The predicted molar refractivity (Wildman–Crippen MR) is 363 cm³/mol. The molecule has 89 heavy (non-hydrogen) atoms. The maximum atomic E-state index is 13.2. The molecule has 474 valence electrons. The summed E-state index contributed by atoms with van der Waals surface area (Å²) in [6.07, 6.45) is 10.2. The quantitative estimate of drug-likeness (QED) is 0.0734. The highest BCUT2D eigenvalue weighted by Gasteiger charge is 2.36. The zero-order valence-corrected chi connectivity index (χ0v) is 56.1. The van der Waals surface area contributed by atoms with E-state index in [1.165, 1.54) is 11.1 Å². The van der Waals surface area contributed by atoms with E-state index < -0.39 is 29.0 Å². The third-order valence-corrected chi connectivity index (χ3v) is 17.5. The highest BCUT2D eigenvalue weighted by atomic mass is 79.9. The van der Waals surface area contributed by atoms with E-state index in [2.05, 4.69) is 104 Å². The number of pyridine rings is 3. The van der Waals surface area contributed by atoms with Crippen molar-refractivity contribution >= 4 is 111 Å². The van der Waals surface area contributed by atoms with Crippen LogP contribution in [-0.4, -0.2) is 116 Å². The topological polar surface area (TPSA) is 248 Å². The molecule has 3 saturated heterocycles. The van der Waals surface area contributed by atoms with E-state index in [4.69, 9.17) is 41.6 Å². The number of ether oxygens (including phenoxy) is 3. The van der Waals surface area contributed by atoms with E-state index in [1.807, 2.05) is 75.6 Å². The van der Waals surface area contributed by atoms with Gasteiger partial charge in [0, 0.05) is 89.0 Å². The van der Waals surface area contributed by atoms with E-state index in [9.17, 15) is 14.4 Å². The number of anilines is 3. The van der Waals surface area contributed by atoms with Gasteiger partial charge in [-0.3, -0.25) is 19.5 Å². The molecule has 0 bridgehead atoms. The summed E-state index contributed by atoms with van der Waals surface area (Å²) in [5, 5.41) is 7.11. The molecule has 8 aromatic rings. The molecule has 0 unspecified atom stereocenters. The number of carbonyl (C=O) groups excluding carboxylic acids is 3. The van der Waals surface area contributed by atoms with E-state index >= 15 is 0 Å². The summed E-state index contributed by atoms with van der Waals surface area (Å²) in [6, 6.07) is 29.9. The van der Waals surface area contributed by atoms with Crippen molar-refractivity contribution in [2.75, 3.05) is 55.6 Å². The maximum absolute atomic E-state index is 13.2. The number of likely N-dealkylation sites (tertiary alicyclic amines) is 3. The molecule has 3 aliphatic heterocycles. The number of nitrogen functional groups attached to an aromatic ring is 2. The molecule has 11 rings (SSSR count). The molecule has 0 saturated carbocycles. The summed E-state index contributed by atoms with van der Waals surface area (Å²) in [6.45, 7) is 24.7. The van der Waals surface area contributed by atoms with Crippen molar-refractivity contribution in [3.63, 3.8) is 0 Å². The monoisotopic (exact) mass is 1340 g/mol. The van der Waals surface area contributed by atoms with Crippen LogP contribution in [0.1, 0.15) is 124 Å². The fourth-order valence-corrected chi connectivity index (χ4v) is 12.4. The van der Waals surface area contributed by atoms with Crippen LogP contribution in [0, 0.1) is 5.92 Å². The number of fused-ring (bicyclic) bond motifs is 4. The summed E-state index contributed by atoms with van der Waals surface area (Å²) in [4.78, 5) is 59.7. The van der Waals surface area contributed by atoms with Crippen LogP contribution >= 0.6 is 31.9 Å². The molecule has 8 N–H and O–H groups in total. The van der Waals surface area contributed by atoms with Crippen molar-refractivity contribution < 1.29 is 33.0 Å². The molecule has 4 aromatic carbocycles. The number of hydrogen-bond donors (Lipinski definition) is 4. The number of carbonyl (C=O) groups is 3. The fourth-order valence-electron chi connectivity index (χ4n) is 11.4. The van der Waals surface area contributed by atoms with Crippen LogP contribution in [-0.2, 0) is 38.6 Å². The van der Waals surface area contributed by atoms with Crippen molar-refractivity contribution in [3.05, 3.63) is 129 Å². The van der Waals surface area contributed by atoms with Gasteiger partial charge in [0.15, 0.2) is 5.82 Å². The average Bonchev–Trinajstić information content (AvgIpc) is 1.90. The van der Waals surface area contributed by atoms with Gasteiger partial charge in [-0.05, 0) is 230 Å². The van der Waals surface area contributed by atoms with Crippen LogP contribution in [0.15, 0.2) is 117 Å². The second kappa shape index (κ2) is 28.6. The van der Waals surface area contributed by atoms with E-state index in [1.54, 1.807) is 47.7 Å². The zero-order chi connectivity index (χ0) is 64.0. The minimum absolute atomic E-state index is 0.0982. The predicted octanol–water partition coefficient (Wildman–Crippen LogP) is 14.3. The van der Waals surface area contributed by atoms with Crippen LogP contribution in [0.5, 0.6) is 0 Å². The van der Waals surface area contributed by atoms with Gasteiger partial charge in [0.05, 0.1) is 14.5 Å². The number of benzene rings is 4. The first-order valence-corrected chi connectivity index (χ1v) is 32.4. The van der Waals surface area contributed by atoms with Gasteiger partial charge in [-0.1, -0.05) is 54.6 Å². The molecule has 2 amide bonds. The molecule has 0 atom stereocenters. The third-order valence-electron chi connectivity index (χ3n) is 15.9. The standard InChI is InChI=1S/C31H44BrN3O6.C23H24N4O.C15H19BrN4/c1-29(2,3)39-24(36)17-20-12-14-34(15-13-20)19-21-10-11-22-18-33-26(25(32)23(22)16-21)35(27(37)40-30(4,5)6)28(38)41-31(7,8)9;24-18-7-9-27(10-8-18)14-15-5-6-17-13-26-23(25)22(19(17)11-15)21-12-16-3-1-2-4-20(16)28-21;16-14-13-7-10(1-2-11(13)8-19-15(14)18)9-20-5-3-12(17)4-6-20/h10-11,16,18,20H,12-15,17,19H2,1-9H3;1-6,11-13,18H,7-10,14,24H2,(H2,25,26);1-2,7-8,12H,3-6,9,17H2,(H2,18,19). The summed E-state index contributed by atoms with van der Waals surface area (Å²) in [5.41, 5.74) is 27.4. The Morgan fingerprint density at radius 1 is 0.539 bits per heavy atom. The summed E-state index contributed by atoms with van der Waals surface area (Å²) in [7, 11) is 0.